The van der Waals surface area contributed by atoms with Gasteiger partial charge in [0.1, 0.15) is 0 Å². The van der Waals surface area contributed by atoms with E-state index in [4.69, 9.17) is 16.3 Å². The van der Waals surface area contributed by atoms with Crippen molar-refractivity contribution in [3.05, 3.63) is 57.2 Å². The Bertz CT molecular complexity index is 552. The van der Waals surface area contributed by atoms with E-state index in [2.05, 4.69) is 34.5 Å². The third-order valence-corrected chi connectivity index (χ3v) is 5.03. The van der Waals surface area contributed by atoms with Crippen LogP contribution in [0.4, 0.5) is 0 Å². The summed E-state index contributed by atoms with van der Waals surface area (Å²) in [6.45, 7) is 3.72. The van der Waals surface area contributed by atoms with Crippen LogP contribution in [0.5, 0.6) is 0 Å². The second-order valence-corrected chi connectivity index (χ2v) is 6.91. The van der Waals surface area contributed by atoms with Crippen molar-refractivity contribution in [1.82, 2.24) is 4.90 Å². The van der Waals surface area contributed by atoms with Gasteiger partial charge in [-0.1, -0.05) is 35.9 Å². The molecular formula is C17H20ClNOS. The van der Waals surface area contributed by atoms with Gasteiger partial charge in [0.2, 0.25) is 0 Å². The topological polar surface area (TPSA) is 12.5 Å². The molecule has 1 aliphatic heterocycles. The third-order valence-electron chi connectivity index (χ3n) is 3.80. The van der Waals surface area contributed by atoms with Crippen LogP contribution in [0, 0.1) is 0 Å². The van der Waals surface area contributed by atoms with Gasteiger partial charge in [-0.2, -0.15) is 0 Å². The minimum atomic E-state index is 0.368. The number of rotatable bonds is 6. The standard InChI is InChI=1S/C17H20ClNOS/c18-17-8-2-1-5-14(17)11-19(12-15-6-3-9-20-15)13-16-7-4-10-21-16/h1-2,4-5,7-8,10,15H,3,6,9,11-13H2. The second-order valence-electron chi connectivity index (χ2n) is 5.48. The maximum absolute atomic E-state index is 6.31. The Morgan fingerprint density at radius 3 is 2.81 bits per heavy atom. The van der Waals surface area contributed by atoms with E-state index >= 15 is 0 Å². The Labute approximate surface area is 135 Å². The number of benzene rings is 1. The second kappa shape index (κ2) is 7.41. The molecule has 2 heterocycles. The summed E-state index contributed by atoms with van der Waals surface area (Å²) >= 11 is 8.12. The lowest BCUT2D eigenvalue weighted by Gasteiger charge is -2.25. The van der Waals surface area contributed by atoms with Crippen molar-refractivity contribution >= 4 is 22.9 Å². The Morgan fingerprint density at radius 1 is 1.19 bits per heavy atom. The van der Waals surface area contributed by atoms with Gasteiger partial charge in [0.05, 0.1) is 6.10 Å². The molecule has 1 atom stereocenters. The highest BCUT2D eigenvalue weighted by Gasteiger charge is 2.20. The molecule has 2 nitrogen and oxygen atoms in total. The van der Waals surface area contributed by atoms with Crippen LogP contribution in [0.3, 0.4) is 0 Å². The maximum atomic E-state index is 6.31. The zero-order chi connectivity index (χ0) is 14.5. The Balaban J connectivity index is 1.69. The van der Waals surface area contributed by atoms with Crippen molar-refractivity contribution in [3.63, 3.8) is 0 Å². The average Bonchev–Trinajstić information content (AvgIpc) is 3.15. The lowest BCUT2D eigenvalue weighted by atomic mass is 10.1. The van der Waals surface area contributed by atoms with E-state index in [1.807, 2.05) is 23.5 Å². The van der Waals surface area contributed by atoms with Gasteiger partial charge < -0.3 is 4.74 Å². The van der Waals surface area contributed by atoms with Crippen LogP contribution in [0.1, 0.15) is 23.3 Å². The van der Waals surface area contributed by atoms with Crippen molar-refractivity contribution < 1.29 is 4.74 Å². The largest absolute Gasteiger partial charge is 0.377 e. The van der Waals surface area contributed by atoms with Crippen LogP contribution in [0.2, 0.25) is 5.02 Å². The molecule has 4 heteroatoms. The molecule has 0 N–H and O–H groups in total. The van der Waals surface area contributed by atoms with Crippen molar-refractivity contribution in [2.45, 2.75) is 32.0 Å². The predicted octanol–water partition coefficient (Wildman–Crippen LogP) is 4.58. The molecular weight excluding hydrogens is 302 g/mol. The molecule has 1 aliphatic rings. The molecule has 0 saturated carbocycles. The van der Waals surface area contributed by atoms with Gasteiger partial charge >= 0.3 is 0 Å². The fraction of sp³-hybridized carbons (Fsp3) is 0.412. The van der Waals surface area contributed by atoms with Gasteiger partial charge in [0.15, 0.2) is 0 Å². The quantitative estimate of drug-likeness (QED) is 0.772. The van der Waals surface area contributed by atoms with Crippen LogP contribution < -0.4 is 0 Å². The summed E-state index contributed by atoms with van der Waals surface area (Å²) in [6.07, 6.45) is 2.72. The predicted molar refractivity (Wildman–Crippen MR) is 88.9 cm³/mol. The summed E-state index contributed by atoms with van der Waals surface area (Å²) in [5.41, 5.74) is 1.19. The first-order valence-electron chi connectivity index (χ1n) is 7.41. The zero-order valence-corrected chi connectivity index (χ0v) is 13.6. The highest BCUT2D eigenvalue weighted by Crippen LogP contribution is 2.22. The molecule has 0 bridgehead atoms. The van der Waals surface area contributed by atoms with Crippen LogP contribution in [-0.4, -0.2) is 24.2 Å². The SMILES string of the molecule is Clc1ccccc1CN(Cc1cccs1)CC1CCCO1. The minimum absolute atomic E-state index is 0.368. The van der Waals surface area contributed by atoms with E-state index in [0.717, 1.165) is 31.3 Å². The first-order chi connectivity index (χ1) is 10.3. The van der Waals surface area contributed by atoms with E-state index in [-0.39, 0.29) is 0 Å². The van der Waals surface area contributed by atoms with Crippen molar-refractivity contribution in [3.8, 4) is 0 Å². The minimum Gasteiger partial charge on any atom is -0.377 e. The third kappa shape index (κ3) is 4.30. The smallest absolute Gasteiger partial charge is 0.0703 e. The van der Waals surface area contributed by atoms with Crippen molar-refractivity contribution in [2.75, 3.05) is 13.2 Å². The van der Waals surface area contributed by atoms with Gasteiger partial charge in [0.25, 0.3) is 0 Å². The van der Waals surface area contributed by atoms with Crippen LogP contribution in [0.25, 0.3) is 0 Å². The Hall–Kier alpha value is -0.870. The number of thiophene rings is 1. The van der Waals surface area contributed by atoms with E-state index in [1.165, 1.54) is 23.3 Å². The molecule has 1 fully saturated rings. The van der Waals surface area contributed by atoms with E-state index in [1.54, 1.807) is 0 Å². The normalized spacial score (nSPS) is 18.5. The molecule has 21 heavy (non-hydrogen) atoms. The van der Waals surface area contributed by atoms with Gasteiger partial charge in [0, 0.05) is 36.1 Å². The first-order valence-corrected chi connectivity index (χ1v) is 8.67. The summed E-state index contributed by atoms with van der Waals surface area (Å²) < 4.78 is 5.80. The number of ether oxygens (including phenoxy) is 1. The van der Waals surface area contributed by atoms with Crippen LogP contribution in [0.15, 0.2) is 41.8 Å². The zero-order valence-electron chi connectivity index (χ0n) is 12.0. The van der Waals surface area contributed by atoms with E-state index < -0.39 is 0 Å². The van der Waals surface area contributed by atoms with E-state index in [9.17, 15) is 0 Å². The van der Waals surface area contributed by atoms with Crippen LogP contribution >= 0.6 is 22.9 Å². The molecule has 112 valence electrons. The first kappa shape index (κ1) is 15.0. The monoisotopic (exact) mass is 321 g/mol. The molecule has 0 amide bonds. The molecule has 0 aliphatic carbocycles. The fourth-order valence-corrected chi connectivity index (χ4v) is 3.69. The molecule has 0 radical (unpaired) electrons. The maximum Gasteiger partial charge on any atom is 0.0703 e. The van der Waals surface area contributed by atoms with Gasteiger partial charge in [-0.15, -0.1) is 11.3 Å². The summed E-state index contributed by atoms with van der Waals surface area (Å²) in [6, 6.07) is 12.4. The number of hydrogen-bond donors (Lipinski definition) is 0. The highest BCUT2D eigenvalue weighted by atomic mass is 35.5. The Morgan fingerprint density at radius 2 is 2.10 bits per heavy atom. The molecule has 1 saturated heterocycles. The Kier molecular flexibility index (Phi) is 5.31. The van der Waals surface area contributed by atoms with Crippen molar-refractivity contribution in [2.24, 2.45) is 0 Å². The molecule has 0 spiro atoms. The fourth-order valence-electron chi connectivity index (χ4n) is 2.75. The molecule has 1 aromatic heterocycles. The molecule has 1 aromatic carbocycles. The number of hydrogen-bond acceptors (Lipinski definition) is 3. The molecule has 3 rings (SSSR count). The van der Waals surface area contributed by atoms with Gasteiger partial charge in [-0.25, -0.2) is 0 Å². The highest BCUT2D eigenvalue weighted by molar-refractivity contribution is 7.09. The molecule has 1 unspecified atom stereocenters. The lowest BCUT2D eigenvalue weighted by molar-refractivity contribution is 0.0682. The molecule has 2 aromatic rings. The number of halogens is 1. The lowest BCUT2D eigenvalue weighted by Crippen LogP contribution is -2.31. The van der Waals surface area contributed by atoms with Gasteiger partial charge in [-0.3, -0.25) is 4.90 Å². The van der Waals surface area contributed by atoms with Crippen LogP contribution in [-0.2, 0) is 17.8 Å². The summed E-state index contributed by atoms with van der Waals surface area (Å²) in [5.74, 6) is 0. The summed E-state index contributed by atoms with van der Waals surface area (Å²) in [4.78, 5) is 3.84. The summed E-state index contributed by atoms with van der Waals surface area (Å²) in [7, 11) is 0. The van der Waals surface area contributed by atoms with E-state index in [0.29, 0.717) is 6.10 Å². The summed E-state index contributed by atoms with van der Waals surface area (Å²) in [5, 5.41) is 2.98. The number of nitrogens with zero attached hydrogens (tertiary/aromatic N) is 1. The van der Waals surface area contributed by atoms with Crippen molar-refractivity contribution in [1.29, 1.82) is 0 Å². The van der Waals surface area contributed by atoms with Gasteiger partial charge in [-0.05, 0) is 35.9 Å². The average molecular weight is 322 g/mol.